The molecule has 0 radical (unpaired) electrons. The first-order valence-corrected chi connectivity index (χ1v) is 6.18. The van der Waals surface area contributed by atoms with Crippen LogP contribution in [-0.4, -0.2) is 23.7 Å². The molecule has 1 aliphatic rings. The molecule has 19 heavy (non-hydrogen) atoms. The van der Waals surface area contributed by atoms with Gasteiger partial charge in [-0.2, -0.15) is 0 Å². The Morgan fingerprint density at radius 1 is 1.42 bits per heavy atom. The van der Waals surface area contributed by atoms with Gasteiger partial charge in [-0.05, 0) is 37.3 Å². The van der Waals surface area contributed by atoms with Crippen molar-refractivity contribution < 1.29 is 18.7 Å². The number of aliphatic hydroxyl groups is 1. The molecule has 104 valence electrons. The minimum atomic E-state index is -1.04. The summed E-state index contributed by atoms with van der Waals surface area (Å²) >= 11 is 0. The van der Waals surface area contributed by atoms with Crippen molar-refractivity contribution in [1.82, 2.24) is 5.32 Å². The molecule has 1 saturated carbocycles. The van der Waals surface area contributed by atoms with Crippen LogP contribution in [0, 0.1) is 17.6 Å². The molecular formula is C13H16F2N2O2. The lowest BCUT2D eigenvalue weighted by Gasteiger charge is -2.12. The fourth-order valence-electron chi connectivity index (χ4n) is 2.34. The van der Waals surface area contributed by atoms with E-state index in [1.165, 1.54) is 0 Å². The zero-order valence-corrected chi connectivity index (χ0v) is 10.3. The summed E-state index contributed by atoms with van der Waals surface area (Å²) in [6.45, 7) is 0.295. The van der Waals surface area contributed by atoms with Crippen molar-refractivity contribution >= 4 is 11.6 Å². The Morgan fingerprint density at radius 3 is 2.79 bits per heavy atom. The molecule has 4 nitrogen and oxygen atoms in total. The molecule has 0 aromatic heterocycles. The number of hydrogen-bond acceptors (Lipinski definition) is 3. The maximum Gasteiger partial charge on any atom is 0.257 e. The first kappa shape index (κ1) is 13.7. The fourth-order valence-corrected chi connectivity index (χ4v) is 2.34. The smallest absolute Gasteiger partial charge is 0.257 e. The van der Waals surface area contributed by atoms with E-state index in [1.807, 2.05) is 0 Å². The number of nitrogens with two attached hydrogens (primary N) is 1. The number of carbonyl (C=O) groups excluding carboxylic acids is 1. The molecule has 0 saturated heterocycles. The number of amides is 1. The summed E-state index contributed by atoms with van der Waals surface area (Å²) in [5.74, 6) is -2.64. The predicted octanol–water partition coefficient (Wildman–Crippen LogP) is 1.44. The van der Waals surface area contributed by atoms with Crippen molar-refractivity contribution in [3.63, 3.8) is 0 Å². The van der Waals surface area contributed by atoms with E-state index in [0.717, 1.165) is 18.6 Å². The second kappa shape index (κ2) is 5.52. The lowest BCUT2D eigenvalue weighted by molar-refractivity contribution is 0.0936. The van der Waals surface area contributed by atoms with Crippen LogP contribution in [0.3, 0.4) is 0 Å². The Bertz CT molecular complexity index is 494. The number of aliphatic hydroxyl groups excluding tert-OH is 1. The van der Waals surface area contributed by atoms with E-state index in [-0.39, 0.29) is 17.7 Å². The van der Waals surface area contributed by atoms with Crippen LogP contribution in [-0.2, 0) is 0 Å². The summed E-state index contributed by atoms with van der Waals surface area (Å²) in [6, 6.07) is 2.04. The Morgan fingerprint density at radius 2 is 2.16 bits per heavy atom. The van der Waals surface area contributed by atoms with Gasteiger partial charge in [0.1, 0.15) is 11.4 Å². The van der Waals surface area contributed by atoms with E-state index in [1.54, 1.807) is 0 Å². The molecule has 2 rings (SSSR count). The van der Waals surface area contributed by atoms with Gasteiger partial charge in [0.2, 0.25) is 0 Å². The highest BCUT2D eigenvalue weighted by Crippen LogP contribution is 2.25. The summed E-state index contributed by atoms with van der Waals surface area (Å²) in [6.07, 6.45) is 1.75. The largest absolute Gasteiger partial charge is 0.396 e. The summed E-state index contributed by atoms with van der Waals surface area (Å²) in [4.78, 5) is 11.8. The summed E-state index contributed by atoms with van der Waals surface area (Å²) < 4.78 is 27.1. The van der Waals surface area contributed by atoms with Gasteiger partial charge >= 0.3 is 0 Å². The number of nitrogens with one attached hydrogen (secondary N) is 1. The van der Waals surface area contributed by atoms with E-state index in [9.17, 15) is 18.7 Å². The molecule has 2 atom stereocenters. The normalized spacial score (nSPS) is 22.5. The fraction of sp³-hybridized carbons (Fsp3) is 0.462. The second-order valence-electron chi connectivity index (χ2n) is 4.87. The van der Waals surface area contributed by atoms with Crippen LogP contribution in [0.4, 0.5) is 14.5 Å². The minimum Gasteiger partial charge on any atom is -0.396 e. The van der Waals surface area contributed by atoms with Crippen molar-refractivity contribution in [3.8, 4) is 0 Å². The SMILES string of the molecule is Nc1ccc(F)c(C(=O)NCC2CCC(O)C2)c1F. The zero-order chi connectivity index (χ0) is 14.0. The topological polar surface area (TPSA) is 75.4 Å². The Balaban J connectivity index is 2.02. The molecule has 4 N–H and O–H groups in total. The van der Waals surface area contributed by atoms with Crippen LogP contribution in [0.2, 0.25) is 0 Å². The van der Waals surface area contributed by atoms with Gasteiger partial charge in [0, 0.05) is 6.54 Å². The molecule has 6 heteroatoms. The molecule has 1 aliphatic carbocycles. The molecule has 1 amide bonds. The van der Waals surface area contributed by atoms with Crippen molar-refractivity contribution in [3.05, 3.63) is 29.3 Å². The van der Waals surface area contributed by atoms with Crippen LogP contribution in [0.1, 0.15) is 29.6 Å². The summed E-state index contributed by atoms with van der Waals surface area (Å²) in [5, 5.41) is 11.8. The standard InChI is InChI=1S/C13H16F2N2O2/c14-9-3-4-10(16)12(15)11(9)13(19)17-6-7-1-2-8(18)5-7/h3-4,7-8,18H,1-2,5-6,16H2,(H,17,19). The Hall–Kier alpha value is -1.69. The van der Waals surface area contributed by atoms with E-state index < -0.39 is 23.1 Å². The molecular weight excluding hydrogens is 254 g/mol. The number of anilines is 1. The summed E-state index contributed by atoms with van der Waals surface area (Å²) in [7, 11) is 0. The van der Waals surface area contributed by atoms with Crippen LogP contribution in [0.5, 0.6) is 0 Å². The van der Waals surface area contributed by atoms with Gasteiger partial charge in [0.25, 0.3) is 5.91 Å². The Kier molecular flexibility index (Phi) is 3.99. The molecule has 1 fully saturated rings. The van der Waals surface area contributed by atoms with Gasteiger partial charge in [-0.1, -0.05) is 0 Å². The van der Waals surface area contributed by atoms with Crippen molar-refractivity contribution in [1.29, 1.82) is 0 Å². The van der Waals surface area contributed by atoms with Crippen molar-refractivity contribution in [2.24, 2.45) is 5.92 Å². The molecule has 0 spiro atoms. The minimum absolute atomic E-state index is 0.145. The Labute approximate surface area is 109 Å². The van der Waals surface area contributed by atoms with Crippen molar-refractivity contribution in [2.45, 2.75) is 25.4 Å². The average Bonchev–Trinajstić information content (AvgIpc) is 2.78. The van der Waals surface area contributed by atoms with Crippen LogP contribution in [0.15, 0.2) is 12.1 Å². The number of carbonyl (C=O) groups is 1. The van der Waals surface area contributed by atoms with Gasteiger partial charge in [0.05, 0.1) is 11.8 Å². The number of halogens is 2. The van der Waals surface area contributed by atoms with Gasteiger partial charge in [-0.25, -0.2) is 8.78 Å². The quantitative estimate of drug-likeness (QED) is 0.727. The second-order valence-corrected chi connectivity index (χ2v) is 4.87. The van der Waals surface area contributed by atoms with E-state index >= 15 is 0 Å². The van der Waals surface area contributed by atoms with E-state index in [2.05, 4.69) is 5.32 Å². The van der Waals surface area contributed by atoms with Gasteiger partial charge in [0.15, 0.2) is 5.82 Å². The van der Waals surface area contributed by atoms with Crippen LogP contribution < -0.4 is 11.1 Å². The lowest BCUT2D eigenvalue weighted by atomic mass is 10.1. The number of benzene rings is 1. The summed E-state index contributed by atoms with van der Waals surface area (Å²) in [5.41, 5.74) is 4.39. The highest BCUT2D eigenvalue weighted by molar-refractivity contribution is 5.95. The molecule has 2 unspecified atom stereocenters. The number of hydrogen-bond donors (Lipinski definition) is 3. The molecule has 0 aliphatic heterocycles. The molecule has 0 heterocycles. The van der Waals surface area contributed by atoms with Crippen LogP contribution in [0.25, 0.3) is 0 Å². The molecule has 1 aromatic rings. The van der Waals surface area contributed by atoms with E-state index in [0.29, 0.717) is 19.4 Å². The van der Waals surface area contributed by atoms with Gasteiger partial charge in [-0.3, -0.25) is 4.79 Å². The number of rotatable bonds is 3. The maximum atomic E-state index is 13.6. The highest BCUT2D eigenvalue weighted by atomic mass is 19.1. The number of nitrogen functional groups attached to an aromatic ring is 1. The third kappa shape index (κ3) is 3.01. The van der Waals surface area contributed by atoms with Crippen LogP contribution >= 0.6 is 0 Å². The van der Waals surface area contributed by atoms with Gasteiger partial charge in [-0.15, -0.1) is 0 Å². The third-order valence-electron chi connectivity index (χ3n) is 3.41. The first-order valence-electron chi connectivity index (χ1n) is 6.18. The predicted molar refractivity (Wildman–Crippen MR) is 66.5 cm³/mol. The van der Waals surface area contributed by atoms with E-state index in [4.69, 9.17) is 5.73 Å². The highest BCUT2D eigenvalue weighted by Gasteiger charge is 2.25. The maximum absolute atomic E-state index is 13.6. The monoisotopic (exact) mass is 270 g/mol. The lowest BCUT2D eigenvalue weighted by Crippen LogP contribution is -2.30. The molecule has 0 bridgehead atoms. The van der Waals surface area contributed by atoms with Crippen molar-refractivity contribution in [2.75, 3.05) is 12.3 Å². The third-order valence-corrected chi connectivity index (χ3v) is 3.41. The first-order chi connectivity index (χ1) is 8.99. The molecule has 1 aromatic carbocycles. The van der Waals surface area contributed by atoms with Gasteiger partial charge < -0.3 is 16.2 Å². The average molecular weight is 270 g/mol. The zero-order valence-electron chi connectivity index (χ0n) is 10.3.